The topological polar surface area (TPSA) is 29.3 Å². The minimum Gasteiger partial charge on any atom is -0.361 e. The Morgan fingerprint density at radius 3 is 2.81 bits per heavy atom. The molecule has 0 spiro atoms. The van der Waals surface area contributed by atoms with E-state index in [1.165, 1.54) is 0 Å². The molecular formula is C12H19FN2O. The summed E-state index contributed by atoms with van der Waals surface area (Å²) in [4.78, 5) is 2.15. The molecule has 1 aliphatic heterocycles. The Hall–Kier alpha value is -0.900. The summed E-state index contributed by atoms with van der Waals surface area (Å²) < 4.78 is 19.0. The predicted octanol–water partition coefficient (Wildman–Crippen LogP) is 2.62. The molecule has 0 amide bonds. The predicted molar refractivity (Wildman–Crippen MR) is 60.0 cm³/mol. The molecule has 0 saturated carbocycles. The van der Waals surface area contributed by atoms with Crippen molar-refractivity contribution >= 4 is 0 Å². The van der Waals surface area contributed by atoms with E-state index in [0.29, 0.717) is 13.0 Å². The number of aromatic nitrogens is 1. The fraction of sp³-hybridized carbons (Fsp3) is 0.750. The van der Waals surface area contributed by atoms with Gasteiger partial charge in [-0.2, -0.15) is 0 Å². The van der Waals surface area contributed by atoms with Crippen LogP contribution in [-0.4, -0.2) is 28.8 Å². The Labute approximate surface area is 95.6 Å². The van der Waals surface area contributed by atoms with Crippen molar-refractivity contribution in [3.05, 3.63) is 17.0 Å². The molecule has 1 fully saturated rings. The van der Waals surface area contributed by atoms with Gasteiger partial charge in [0, 0.05) is 18.7 Å². The van der Waals surface area contributed by atoms with E-state index in [1.807, 2.05) is 13.8 Å². The molecule has 1 aliphatic rings. The molecule has 1 atom stereocenters. The highest BCUT2D eigenvalue weighted by Gasteiger charge is 2.31. The Kier molecular flexibility index (Phi) is 3.02. The molecule has 3 nitrogen and oxygen atoms in total. The van der Waals surface area contributed by atoms with E-state index in [4.69, 9.17) is 4.52 Å². The molecule has 16 heavy (non-hydrogen) atoms. The van der Waals surface area contributed by atoms with Crippen LogP contribution in [0.5, 0.6) is 0 Å². The maximum absolute atomic E-state index is 13.9. The summed E-state index contributed by atoms with van der Waals surface area (Å²) in [5.41, 5.74) is 0.985. The van der Waals surface area contributed by atoms with Crippen LogP contribution in [0.4, 0.5) is 4.39 Å². The molecule has 1 aromatic rings. The van der Waals surface area contributed by atoms with Crippen molar-refractivity contribution in [1.29, 1.82) is 0 Å². The fourth-order valence-electron chi connectivity index (χ4n) is 2.38. The molecule has 0 bridgehead atoms. The molecule has 1 saturated heterocycles. The molecule has 0 aliphatic carbocycles. The van der Waals surface area contributed by atoms with Crippen LogP contribution in [0.3, 0.4) is 0 Å². The quantitative estimate of drug-likeness (QED) is 0.776. The molecule has 90 valence electrons. The summed E-state index contributed by atoms with van der Waals surface area (Å²) in [7, 11) is 0. The molecule has 1 aromatic heterocycles. The van der Waals surface area contributed by atoms with Gasteiger partial charge in [-0.3, -0.25) is 4.90 Å². The molecule has 1 unspecified atom stereocenters. The molecule has 0 aromatic carbocycles. The van der Waals surface area contributed by atoms with Gasteiger partial charge in [0.15, 0.2) is 0 Å². The lowest BCUT2D eigenvalue weighted by molar-refractivity contribution is 0.0560. The van der Waals surface area contributed by atoms with Gasteiger partial charge < -0.3 is 4.52 Å². The highest BCUT2D eigenvalue weighted by atomic mass is 19.1. The monoisotopic (exact) mass is 226 g/mol. The number of rotatable bonds is 2. The summed E-state index contributed by atoms with van der Waals surface area (Å²) in [6, 6.07) is 0. The number of aryl methyl sites for hydroxylation is 2. The maximum atomic E-state index is 13.9. The second-order valence-electron chi connectivity index (χ2n) is 5.03. The van der Waals surface area contributed by atoms with Gasteiger partial charge in [-0.05, 0) is 40.2 Å². The van der Waals surface area contributed by atoms with E-state index in [9.17, 15) is 4.39 Å². The van der Waals surface area contributed by atoms with Crippen molar-refractivity contribution in [2.45, 2.75) is 45.8 Å². The Morgan fingerprint density at radius 1 is 1.50 bits per heavy atom. The van der Waals surface area contributed by atoms with E-state index in [1.54, 1.807) is 6.92 Å². The molecular weight excluding hydrogens is 207 g/mol. The normalized spacial score (nSPS) is 27.2. The van der Waals surface area contributed by atoms with Crippen LogP contribution in [0.1, 0.15) is 36.8 Å². The van der Waals surface area contributed by atoms with Gasteiger partial charge in [0.2, 0.25) is 0 Å². The average Bonchev–Trinajstić information content (AvgIpc) is 2.48. The Bertz CT molecular complexity index is 354. The first kappa shape index (κ1) is 11.6. The zero-order chi connectivity index (χ0) is 11.8. The van der Waals surface area contributed by atoms with Crippen LogP contribution >= 0.6 is 0 Å². The standard InChI is InChI=1S/C12H19FN2O/c1-9-11(10(2)16-14-9)7-15-6-4-5-12(3,13)8-15/h4-8H2,1-3H3. The first-order valence-corrected chi connectivity index (χ1v) is 5.81. The van der Waals surface area contributed by atoms with Gasteiger partial charge in [-0.1, -0.05) is 5.16 Å². The molecule has 0 radical (unpaired) electrons. The third kappa shape index (κ3) is 2.43. The van der Waals surface area contributed by atoms with Gasteiger partial charge in [-0.25, -0.2) is 4.39 Å². The van der Waals surface area contributed by atoms with Crippen molar-refractivity contribution in [3.8, 4) is 0 Å². The van der Waals surface area contributed by atoms with Crippen LogP contribution in [0.25, 0.3) is 0 Å². The average molecular weight is 226 g/mol. The summed E-state index contributed by atoms with van der Waals surface area (Å²) in [6.07, 6.45) is 1.60. The third-order valence-electron chi connectivity index (χ3n) is 3.29. The van der Waals surface area contributed by atoms with Crippen LogP contribution < -0.4 is 0 Å². The number of halogens is 1. The van der Waals surface area contributed by atoms with Crippen molar-refractivity contribution < 1.29 is 8.91 Å². The lowest BCUT2D eigenvalue weighted by atomic mass is 9.96. The first-order chi connectivity index (χ1) is 7.48. The van der Waals surface area contributed by atoms with E-state index in [2.05, 4.69) is 10.1 Å². The number of piperidine rings is 1. The second kappa shape index (κ2) is 4.17. The zero-order valence-electron chi connectivity index (χ0n) is 10.2. The van der Waals surface area contributed by atoms with Gasteiger partial charge in [0.25, 0.3) is 0 Å². The van der Waals surface area contributed by atoms with Crippen molar-refractivity contribution in [2.75, 3.05) is 13.1 Å². The van der Waals surface area contributed by atoms with Crippen LogP contribution in [-0.2, 0) is 6.54 Å². The van der Waals surface area contributed by atoms with E-state index in [0.717, 1.165) is 36.5 Å². The summed E-state index contributed by atoms with van der Waals surface area (Å²) >= 11 is 0. The Balaban J connectivity index is 2.05. The summed E-state index contributed by atoms with van der Waals surface area (Å²) in [5.74, 6) is 0.851. The highest BCUT2D eigenvalue weighted by molar-refractivity contribution is 5.20. The van der Waals surface area contributed by atoms with E-state index < -0.39 is 5.67 Å². The van der Waals surface area contributed by atoms with Crippen LogP contribution in [0.2, 0.25) is 0 Å². The summed E-state index contributed by atoms with van der Waals surface area (Å²) in [5, 5.41) is 3.92. The van der Waals surface area contributed by atoms with E-state index >= 15 is 0 Å². The van der Waals surface area contributed by atoms with Gasteiger partial charge in [-0.15, -0.1) is 0 Å². The number of nitrogens with zero attached hydrogens (tertiary/aromatic N) is 2. The van der Waals surface area contributed by atoms with E-state index in [-0.39, 0.29) is 0 Å². The third-order valence-corrected chi connectivity index (χ3v) is 3.29. The molecule has 4 heteroatoms. The fourth-order valence-corrected chi connectivity index (χ4v) is 2.38. The minimum absolute atomic E-state index is 0.511. The molecule has 2 heterocycles. The number of hydrogen-bond acceptors (Lipinski definition) is 3. The molecule has 2 rings (SSSR count). The lowest BCUT2D eigenvalue weighted by Gasteiger charge is -2.34. The second-order valence-corrected chi connectivity index (χ2v) is 5.03. The highest BCUT2D eigenvalue weighted by Crippen LogP contribution is 2.26. The lowest BCUT2D eigenvalue weighted by Crippen LogP contribution is -2.42. The van der Waals surface area contributed by atoms with Gasteiger partial charge in [0.05, 0.1) is 5.69 Å². The SMILES string of the molecule is Cc1noc(C)c1CN1CCCC(C)(F)C1. The zero-order valence-corrected chi connectivity index (χ0v) is 10.2. The van der Waals surface area contributed by atoms with Gasteiger partial charge in [0.1, 0.15) is 11.4 Å². The van der Waals surface area contributed by atoms with Gasteiger partial charge >= 0.3 is 0 Å². The number of hydrogen-bond donors (Lipinski definition) is 0. The van der Waals surface area contributed by atoms with Crippen molar-refractivity contribution in [1.82, 2.24) is 10.1 Å². The smallest absolute Gasteiger partial charge is 0.138 e. The van der Waals surface area contributed by atoms with Crippen LogP contribution in [0, 0.1) is 13.8 Å². The van der Waals surface area contributed by atoms with Crippen LogP contribution in [0.15, 0.2) is 4.52 Å². The maximum Gasteiger partial charge on any atom is 0.138 e. The first-order valence-electron chi connectivity index (χ1n) is 5.81. The van der Waals surface area contributed by atoms with Crippen molar-refractivity contribution in [3.63, 3.8) is 0 Å². The minimum atomic E-state index is -1.04. The van der Waals surface area contributed by atoms with Crippen molar-refractivity contribution in [2.24, 2.45) is 0 Å². The number of alkyl halides is 1. The Morgan fingerprint density at radius 2 is 2.25 bits per heavy atom. The largest absolute Gasteiger partial charge is 0.361 e. The summed E-state index contributed by atoms with van der Waals surface area (Å²) in [6.45, 7) is 7.76. The molecule has 0 N–H and O–H groups in total. The number of likely N-dealkylation sites (tertiary alicyclic amines) is 1.